The van der Waals surface area contributed by atoms with E-state index < -0.39 is 0 Å². The first-order chi connectivity index (χ1) is 12.3. The lowest BCUT2D eigenvalue weighted by Gasteiger charge is -2.36. The van der Waals surface area contributed by atoms with Gasteiger partial charge >= 0.3 is 0 Å². The maximum atomic E-state index is 12.9. The normalized spacial score (nSPS) is 20.8. The smallest absolute Gasteiger partial charge is 0.264 e. The molecule has 1 amide bonds. The second-order valence-electron chi connectivity index (χ2n) is 7.31. The minimum absolute atomic E-state index is 0.227. The first-order valence-corrected chi connectivity index (χ1v) is 10.0. The molecule has 3 aliphatic rings. The monoisotopic (exact) mass is 353 g/mol. The number of hydrogen-bond donors (Lipinski definition) is 0. The van der Waals surface area contributed by atoms with Crippen molar-refractivity contribution in [3.8, 4) is 0 Å². The van der Waals surface area contributed by atoms with Crippen LogP contribution in [0, 0.1) is 0 Å². The number of amides is 1. The number of thiophene rings is 1. The average molecular weight is 353 g/mol. The molecule has 0 atom stereocenters. The SMILES string of the molecule is O=C(c1cc2c(s1)CN(C1CC1)C2)N1CCN(c2ccccc2)CC1. The van der Waals surface area contributed by atoms with Crippen LogP contribution in [-0.4, -0.2) is 47.9 Å². The third kappa shape index (κ3) is 2.96. The number of carbonyl (C=O) groups excluding carboxylic acids is 1. The summed E-state index contributed by atoms with van der Waals surface area (Å²) in [7, 11) is 0. The van der Waals surface area contributed by atoms with Gasteiger partial charge in [0.05, 0.1) is 4.88 Å². The molecule has 0 N–H and O–H groups in total. The van der Waals surface area contributed by atoms with Gasteiger partial charge in [0.1, 0.15) is 0 Å². The first kappa shape index (κ1) is 15.4. The number of para-hydroxylation sites is 1. The number of nitrogens with zero attached hydrogens (tertiary/aromatic N) is 3. The molecule has 2 fully saturated rings. The Labute approximate surface area is 152 Å². The summed E-state index contributed by atoms with van der Waals surface area (Å²) in [6.07, 6.45) is 2.71. The zero-order chi connectivity index (χ0) is 16.8. The van der Waals surface area contributed by atoms with Gasteiger partial charge in [-0.25, -0.2) is 0 Å². The Morgan fingerprint density at radius 1 is 1.00 bits per heavy atom. The van der Waals surface area contributed by atoms with Crippen molar-refractivity contribution in [2.24, 2.45) is 0 Å². The summed E-state index contributed by atoms with van der Waals surface area (Å²) in [6, 6.07) is 13.5. The van der Waals surface area contributed by atoms with Gasteiger partial charge in [-0.05, 0) is 36.6 Å². The first-order valence-electron chi connectivity index (χ1n) is 9.23. The van der Waals surface area contributed by atoms with Crippen LogP contribution in [0.3, 0.4) is 0 Å². The van der Waals surface area contributed by atoms with E-state index in [0.717, 1.165) is 50.2 Å². The second-order valence-corrected chi connectivity index (χ2v) is 8.45. The minimum Gasteiger partial charge on any atom is -0.368 e. The highest BCUT2D eigenvalue weighted by atomic mass is 32.1. The molecule has 2 aromatic rings. The Bertz CT molecular complexity index is 752. The number of hydrogen-bond acceptors (Lipinski definition) is 4. The quantitative estimate of drug-likeness (QED) is 0.848. The molecule has 1 saturated heterocycles. The lowest BCUT2D eigenvalue weighted by molar-refractivity contribution is 0.0751. The Morgan fingerprint density at radius 3 is 2.44 bits per heavy atom. The molecule has 2 aliphatic heterocycles. The van der Waals surface area contributed by atoms with Gasteiger partial charge < -0.3 is 9.80 Å². The van der Waals surface area contributed by atoms with Crippen LogP contribution in [0.5, 0.6) is 0 Å². The van der Waals surface area contributed by atoms with Gasteiger partial charge in [-0.15, -0.1) is 11.3 Å². The van der Waals surface area contributed by atoms with E-state index in [2.05, 4.69) is 40.1 Å². The van der Waals surface area contributed by atoms with Crippen molar-refractivity contribution in [1.82, 2.24) is 9.80 Å². The molecule has 1 aliphatic carbocycles. The van der Waals surface area contributed by atoms with Crippen LogP contribution in [0.2, 0.25) is 0 Å². The Balaban J connectivity index is 1.22. The zero-order valence-electron chi connectivity index (χ0n) is 14.4. The minimum atomic E-state index is 0.227. The standard InChI is InChI=1S/C20H23N3OS/c24-20(18-12-15-13-23(17-6-7-17)14-19(15)25-18)22-10-8-21(9-11-22)16-4-2-1-3-5-16/h1-5,12,17H,6-11,13-14H2. The van der Waals surface area contributed by atoms with Crippen LogP contribution in [0.15, 0.2) is 36.4 Å². The molecule has 1 aromatic heterocycles. The van der Waals surface area contributed by atoms with Crippen molar-refractivity contribution >= 4 is 22.9 Å². The fraction of sp³-hybridized carbons (Fsp3) is 0.450. The van der Waals surface area contributed by atoms with Crippen LogP contribution in [0.25, 0.3) is 0 Å². The number of anilines is 1. The fourth-order valence-electron chi connectivity index (χ4n) is 3.96. The summed E-state index contributed by atoms with van der Waals surface area (Å²) in [6.45, 7) is 5.55. The van der Waals surface area contributed by atoms with Crippen molar-refractivity contribution in [2.75, 3.05) is 31.1 Å². The van der Waals surface area contributed by atoms with Crippen molar-refractivity contribution < 1.29 is 4.79 Å². The second kappa shape index (κ2) is 6.15. The van der Waals surface area contributed by atoms with Crippen molar-refractivity contribution in [2.45, 2.75) is 32.0 Å². The van der Waals surface area contributed by atoms with E-state index in [9.17, 15) is 4.79 Å². The molecule has 1 aromatic carbocycles. The van der Waals surface area contributed by atoms with Gasteiger partial charge in [-0.1, -0.05) is 18.2 Å². The summed E-state index contributed by atoms with van der Waals surface area (Å²) >= 11 is 1.72. The molecule has 3 heterocycles. The van der Waals surface area contributed by atoms with E-state index in [0.29, 0.717) is 0 Å². The molecule has 0 bridgehead atoms. The lowest BCUT2D eigenvalue weighted by Crippen LogP contribution is -2.48. The van der Waals surface area contributed by atoms with Crippen LogP contribution in [0.1, 0.15) is 33.0 Å². The third-order valence-corrected chi connectivity index (χ3v) is 6.73. The third-order valence-electron chi connectivity index (χ3n) is 5.58. The van der Waals surface area contributed by atoms with E-state index in [1.54, 1.807) is 11.3 Å². The average Bonchev–Trinajstić information content (AvgIpc) is 3.32. The molecule has 4 nitrogen and oxygen atoms in total. The predicted octanol–water partition coefficient (Wildman–Crippen LogP) is 3.19. The Kier molecular flexibility index (Phi) is 3.79. The topological polar surface area (TPSA) is 26.8 Å². The van der Waals surface area contributed by atoms with E-state index in [-0.39, 0.29) is 5.91 Å². The molecule has 5 heteroatoms. The number of carbonyl (C=O) groups is 1. The van der Waals surface area contributed by atoms with E-state index in [4.69, 9.17) is 0 Å². The highest BCUT2D eigenvalue weighted by Gasteiger charge is 2.35. The van der Waals surface area contributed by atoms with Gasteiger partial charge in [-0.3, -0.25) is 9.69 Å². The van der Waals surface area contributed by atoms with E-state index in [1.165, 1.54) is 29.0 Å². The molecule has 5 rings (SSSR count). The molecule has 130 valence electrons. The Morgan fingerprint density at radius 2 is 1.76 bits per heavy atom. The van der Waals surface area contributed by atoms with Crippen LogP contribution >= 0.6 is 11.3 Å². The van der Waals surface area contributed by atoms with Crippen LogP contribution in [0.4, 0.5) is 5.69 Å². The summed E-state index contributed by atoms with van der Waals surface area (Å²) in [4.78, 5) is 22.2. The molecule has 0 radical (unpaired) electrons. The van der Waals surface area contributed by atoms with Gasteiger partial charge in [-0.2, -0.15) is 0 Å². The summed E-state index contributed by atoms with van der Waals surface area (Å²) in [5.74, 6) is 0.227. The maximum absolute atomic E-state index is 12.9. The van der Waals surface area contributed by atoms with E-state index in [1.807, 2.05) is 11.0 Å². The highest BCUT2D eigenvalue weighted by Crippen LogP contribution is 2.38. The fourth-order valence-corrected chi connectivity index (χ4v) is 5.13. The molecule has 1 saturated carbocycles. The molecular formula is C20H23N3OS. The highest BCUT2D eigenvalue weighted by molar-refractivity contribution is 7.14. The number of rotatable bonds is 3. The predicted molar refractivity (Wildman–Crippen MR) is 101 cm³/mol. The number of piperazine rings is 1. The van der Waals surface area contributed by atoms with E-state index >= 15 is 0 Å². The summed E-state index contributed by atoms with van der Waals surface area (Å²) in [5.41, 5.74) is 2.65. The largest absolute Gasteiger partial charge is 0.368 e. The van der Waals surface area contributed by atoms with Gasteiger partial charge in [0, 0.05) is 55.9 Å². The van der Waals surface area contributed by atoms with Crippen LogP contribution < -0.4 is 4.90 Å². The summed E-state index contributed by atoms with van der Waals surface area (Å²) in [5, 5.41) is 0. The molecule has 0 spiro atoms. The van der Waals surface area contributed by atoms with Gasteiger partial charge in [0.15, 0.2) is 0 Å². The molecule has 0 unspecified atom stereocenters. The maximum Gasteiger partial charge on any atom is 0.264 e. The van der Waals surface area contributed by atoms with Gasteiger partial charge in [0.25, 0.3) is 5.91 Å². The molecular weight excluding hydrogens is 330 g/mol. The number of fused-ring (bicyclic) bond motifs is 1. The Hall–Kier alpha value is -1.85. The van der Waals surface area contributed by atoms with Gasteiger partial charge in [0.2, 0.25) is 0 Å². The lowest BCUT2D eigenvalue weighted by atomic mass is 10.2. The van der Waals surface area contributed by atoms with Crippen molar-refractivity contribution in [3.05, 3.63) is 51.7 Å². The zero-order valence-corrected chi connectivity index (χ0v) is 15.2. The van der Waals surface area contributed by atoms with Crippen molar-refractivity contribution in [3.63, 3.8) is 0 Å². The van der Waals surface area contributed by atoms with Crippen molar-refractivity contribution in [1.29, 1.82) is 0 Å². The number of benzene rings is 1. The molecule has 25 heavy (non-hydrogen) atoms. The summed E-state index contributed by atoms with van der Waals surface area (Å²) < 4.78 is 0. The van der Waals surface area contributed by atoms with Crippen LogP contribution in [-0.2, 0) is 13.1 Å².